The molecule has 0 unspecified atom stereocenters. The Morgan fingerprint density at radius 2 is 2.06 bits per heavy atom. The van der Waals surface area contributed by atoms with Crippen LogP contribution in [0.5, 0.6) is 0 Å². The molecule has 0 aliphatic rings. The minimum Gasteiger partial charge on any atom is -0.373 e. The van der Waals surface area contributed by atoms with Gasteiger partial charge in [0.2, 0.25) is 0 Å². The maximum Gasteiger partial charge on any atom is 0.315 e. The number of nitrogens with one attached hydrogen (secondary N) is 2. The monoisotopic (exact) mass is 233 g/mol. The second-order valence-electron chi connectivity index (χ2n) is 3.68. The summed E-state index contributed by atoms with van der Waals surface area (Å²) in [5, 5.41) is 5.44. The van der Waals surface area contributed by atoms with Gasteiger partial charge in [-0.2, -0.15) is 0 Å². The number of likely N-dealkylation sites (N-methyl/N-ethyl adjacent to an activating group) is 1. The Balaban J connectivity index is 2.22. The predicted octanol–water partition coefficient (Wildman–Crippen LogP) is 1.61. The van der Waals surface area contributed by atoms with Crippen molar-refractivity contribution in [2.75, 3.05) is 31.6 Å². The van der Waals surface area contributed by atoms with Crippen LogP contribution in [0.4, 0.5) is 10.5 Å². The lowest BCUT2D eigenvalue weighted by Crippen LogP contribution is -2.39. The van der Waals surface area contributed by atoms with E-state index in [4.69, 9.17) is 0 Å². The molecule has 0 heterocycles. The fourth-order valence-electron chi connectivity index (χ4n) is 1.38. The first-order valence-electron chi connectivity index (χ1n) is 5.63. The van der Waals surface area contributed by atoms with Gasteiger partial charge in [0, 0.05) is 32.4 Å². The summed E-state index contributed by atoms with van der Waals surface area (Å²) in [4.78, 5) is 13.3. The summed E-state index contributed by atoms with van der Waals surface area (Å²) in [5.41, 5.74) is 1.14. The maximum atomic E-state index is 11.2. The van der Waals surface area contributed by atoms with E-state index in [2.05, 4.69) is 22.1 Å². The second-order valence-corrected chi connectivity index (χ2v) is 3.68. The first-order valence-corrected chi connectivity index (χ1v) is 5.63. The van der Waals surface area contributed by atoms with Crippen LogP contribution in [0.2, 0.25) is 0 Å². The lowest BCUT2D eigenvalue weighted by atomic mass is 10.3. The topological polar surface area (TPSA) is 44.4 Å². The second kappa shape index (κ2) is 7.33. The van der Waals surface area contributed by atoms with Gasteiger partial charge in [-0.15, -0.1) is 6.58 Å². The summed E-state index contributed by atoms with van der Waals surface area (Å²) in [6.45, 7) is 5.39. The van der Waals surface area contributed by atoms with Crippen LogP contribution < -0.4 is 15.5 Å². The van der Waals surface area contributed by atoms with Crippen molar-refractivity contribution in [1.29, 1.82) is 0 Å². The Labute approximate surface area is 102 Å². The van der Waals surface area contributed by atoms with E-state index in [9.17, 15) is 4.79 Å². The summed E-state index contributed by atoms with van der Waals surface area (Å²) in [5.74, 6) is 0. The fraction of sp³-hybridized carbons (Fsp3) is 0.308. The molecular weight excluding hydrogens is 214 g/mol. The van der Waals surface area contributed by atoms with Crippen molar-refractivity contribution in [1.82, 2.24) is 10.6 Å². The number of carbonyl (C=O) groups is 1. The minimum absolute atomic E-state index is 0.161. The largest absolute Gasteiger partial charge is 0.373 e. The number of nitrogens with zero attached hydrogens (tertiary/aromatic N) is 1. The number of amides is 2. The molecule has 0 saturated carbocycles. The molecule has 0 radical (unpaired) electrons. The van der Waals surface area contributed by atoms with Gasteiger partial charge in [-0.1, -0.05) is 24.3 Å². The molecule has 2 amide bonds. The number of rotatable bonds is 6. The molecule has 0 bridgehead atoms. The van der Waals surface area contributed by atoms with E-state index in [-0.39, 0.29) is 6.03 Å². The molecule has 1 rings (SSSR count). The summed E-state index contributed by atoms with van der Waals surface area (Å²) in [6, 6.07) is 9.89. The molecule has 0 aromatic heterocycles. The number of hydrogen-bond donors (Lipinski definition) is 2. The van der Waals surface area contributed by atoms with Gasteiger partial charge in [-0.25, -0.2) is 4.79 Å². The van der Waals surface area contributed by atoms with Crippen molar-refractivity contribution in [3.8, 4) is 0 Å². The molecule has 0 aliphatic carbocycles. The zero-order chi connectivity index (χ0) is 12.5. The van der Waals surface area contributed by atoms with Crippen molar-refractivity contribution in [3.05, 3.63) is 43.0 Å². The molecular formula is C13H19N3O. The number of hydrogen-bond acceptors (Lipinski definition) is 2. The average Bonchev–Trinajstić information content (AvgIpc) is 2.37. The highest BCUT2D eigenvalue weighted by atomic mass is 16.2. The van der Waals surface area contributed by atoms with E-state index in [1.165, 1.54) is 0 Å². The molecule has 92 valence electrons. The van der Waals surface area contributed by atoms with Crippen molar-refractivity contribution < 1.29 is 4.79 Å². The van der Waals surface area contributed by atoms with E-state index >= 15 is 0 Å². The lowest BCUT2D eigenvalue weighted by molar-refractivity contribution is 0.242. The molecule has 0 saturated heterocycles. The van der Waals surface area contributed by atoms with Crippen LogP contribution in [-0.4, -0.2) is 32.7 Å². The van der Waals surface area contributed by atoms with E-state index in [1.807, 2.05) is 37.4 Å². The molecule has 2 N–H and O–H groups in total. The van der Waals surface area contributed by atoms with Gasteiger partial charge in [0.25, 0.3) is 0 Å². The molecule has 4 nitrogen and oxygen atoms in total. The van der Waals surface area contributed by atoms with Gasteiger partial charge >= 0.3 is 6.03 Å². The standard InChI is InChI=1S/C13H19N3O/c1-3-9-14-13(17)15-10-11-16(2)12-7-5-4-6-8-12/h3-8H,1,9-11H2,2H3,(H2,14,15,17). The predicted molar refractivity (Wildman–Crippen MR) is 71.3 cm³/mol. The Kier molecular flexibility index (Phi) is 5.64. The Morgan fingerprint density at radius 3 is 2.71 bits per heavy atom. The highest BCUT2D eigenvalue weighted by Gasteiger charge is 2.01. The SMILES string of the molecule is C=CCNC(=O)NCCN(C)c1ccccc1. The summed E-state index contributed by atoms with van der Waals surface area (Å²) < 4.78 is 0. The molecule has 4 heteroatoms. The molecule has 1 aromatic carbocycles. The van der Waals surface area contributed by atoms with Crippen LogP contribution >= 0.6 is 0 Å². The average molecular weight is 233 g/mol. The number of benzene rings is 1. The first-order chi connectivity index (χ1) is 8.24. The molecule has 0 fully saturated rings. The smallest absolute Gasteiger partial charge is 0.315 e. The van der Waals surface area contributed by atoms with Crippen LogP contribution in [0, 0.1) is 0 Å². The quantitative estimate of drug-likeness (QED) is 0.733. The third-order valence-electron chi connectivity index (χ3n) is 2.34. The van der Waals surface area contributed by atoms with Crippen LogP contribution in [-0.2, 0) is 0 Å². The van der Waals surface area contributed by atoms with E-state index in [0.29, 0.717) is 13.1 Å². The highest BCUT2D eigenvalue weighted by Crippen LogP contribution is 2.09. The first kappa shape index (κ1) is 13.1. The highest BCUT2D eigenvalue weighted by molar-refractivity contribution is 5.73. The zero-order valence-corrected chi connectivity index (χ0v) is 10.1. The number of para-hydroxylation sites is 1. The number of anilines is 1. The van der Waals surface area contributed by atoms with Crippen LogP contribution in [0.1, 0.15) is 0 Å². The normalized spacial score (nSPS) is 9.47. The van der Waals surface area contributed by atoms with Crippen LogP contribution in [0.3, 0.4) is 0 Å². The van der Waals surface area contributed by atoms with Crippen molar-refractivity contribution in [2.45, 2.75) is 0 Å². The van der Waals surface area contributed by atoms with Gasteiger partial charge in [0.1, 0.15) is 0 Å². The van der Waals surface area contributed by atoms with Crippen molar-refractivity contribution >= 4 is 11.7 Å². The Hall–Kier alpha value is -1.97. The molecule has 1 aromatic rings. The van der Waals surface area contributed by atoms with Crippen molar-refractivity contribution in [3.63, 3.8) is 0 Å². The molecule has 0 aliphatic heterocycles. The molecule has 0 atom stereocenters. The van der Waals surface area contributed by atoms with Gasteiger partial charge in [-0.05, 0) is 12.1 Å². The van der Waals surface area contributed by atoms with E-state index in [0.717, 1.165) is 12.2 Å². The van der Waals surface area contributed by atoms with Crippen LogP contribution in [0.25, 0.3) is 0 Å². The number of urea groups is 1. The summed E-state index contributed by atoms with van der Waals surface area (Å²) in [6.07, 6.45) is 1.65. The fourth-order valence-corrected chi connectivity index (χ4v) is 1.38. The van der Waals surface area contributed by atoms with Gasteiger partial charge in [0.05, 0.1) is 0 Å². The lowest BCUT2D eigenvalue weighted by Gasteiger charge is -2.19. The van der Waals surface area contributed by atoms with Crippen LogP contribution in [0.15, 0.2) is 43.0 Å². The number of carbonyl (C=O) groups excluding carboxylic acids is 1. The van der Waals surface area contributed by atoms with Gasteiger partial charge in [-0.3, -0.25) is 0 Å². The third kappa shape index (κ3) is 5.06. The van der Waals surface area contributed by atoms with Crippen molar-refractivity contribution in [2.24, 2.45) is 0 Å². The van der Waals surface area contributed by atoms with E-state index < -0.39 is 0 Å². The third-order valence-corrected chi connectivity index (χ3v) is 2.34. The summed E-state index contributed by atoms with van der Waals surface area (Å²) >= 11 is 0. The van der Waals surface area contributed by atoms with Gasteiger partial charge < -0.3 is 15.5 Å². The maximum absolute atomic E-state index is 11.2. The summed E-state index contributed by atoms with van der Waals surface area (Å²) in [7, 11) is 2.00. The van der Waals surface area contributed by atoms with Gasteiger partial charge in [0.15, 0.2) is 0 Å². The van der Waals surface area contributed by atoms with E-state index in [1.54, 1.807) is 6.08 Å². The Bertz CT molecular complexity index is 351. The zero-order valence-electron chi connectivity index (χ0n) is 10.1. The minimum atomic E-state index is -0.161. The molecule has 0 spiro atoms. The Morgan fingerprint density at radius 1 is 1.35 bits per heavy atom. The molecule has 17 heavy (non-hydrogen) atoms.